The van der Waals surface area contributed by atoms with Crippen LogP contribution in [0.3, 0.4) is 0 Å². The normalized spacial score (nSPS) is 14.6. The fraction of sp³-hybridized carbons (Fsp3) is 1.00. The monoisotopic (exact) mass is 214 g/mol. The fourth-order valence-electron chi connectivity index (χ4n) is 1.80. The van der Waals surface area contributed by atoms with Crippen LogP contribution in [0.2, 0.25) is 0 Å². The summed E-state index contributed by atoms with van der Waals surface area (Å²) in [6.45, 7) is 14.9. The highest BCUT2D eigenvalue weighted by Crippen LogP contribution is 2.14. The van der Waals surface area contributed by atoms with E-state index in [2.05, 4.69) is 51.9 Å². The SMILES string of the molecule is CCCNC(C)CCN(C)CC(C)(C)C. The molecule has 15 heavy (non-hydrogen) atoms. The molecule has 0 aromatic rings. The third kappa shape index (κ3) is 10.2. The van der Waals surface area contributed by atoms with Gasteiger partial charge in [0.2, 0.25) is 0 Å². The van der Waals surface area contributed by atoms with Gasteiger partial charge in [0.25, 0.3) is 0 Å². The van der Waals surface area contributed by atoms with Gasteiger partial charge in [0, 0.05) is 12.6 Å². The van der Waals surface area contributed by atoms with Crippen molar-refractivity contribution in [2.45, 2.75) is 53.5 Å². The van der Waals surface area contributed by atoms with Gasteiger partial charge in [-0.15, -0.1) is 0 Å². The Bertz CT molecular complexity index is 149. The van der Waals surface area contributed by atoms with Gasteiger partial charge in [-0.1, -0.05) is 27.7 Å². The molecule has 0 fully saturated rings. The lowest BCUT2D eigenvalue weighted by Crippen LogP contribution is -2.34. The van der Waals surface area contributed by atoms with E-state index in [1.165, 1.54) is 25.9 Å². The van der Waals surface area contributed by atoms with Crippen LogP contribution in [0.15, 0.2) is 0 Å². The highest BCUT2D eigenvalue weighted by Gasteiger charge is 2.13. The summed E-state index contributed by atoms with van der Waals surface area (Å²) in [4.78, 5) is 2.43. The molecule has 2 heteroatoms. The van der Waals surface area contributed by atoms with Gasteiger partial charge in [-0.3, -0.25) is 0 Å². The second-order valence-corrected chi connectivity index (χ2v) is 5.94. The van der Waals surface area contributed by atoms with E-state index in [0.717, 1.165) is 6.54 Å². The molecular weight excluding hydrogens is 184 g/mol. The lowest BCUT2D eigenvalue weighted by molar-refractivity contribution is 0.219. The molecule has 2 nitrogen and oxygen atoms in total. The second kappa shape index (κ2) is 7.24. The standard InChI is InChI=1S/C13H30N2/c1-7-9-14-12(2)8-10-15(6)11-13(3,4)5/h12,14H,7-11H2,1-6H3. The second-order valence-electron chi connectivity index (χ2n) is 5.94. The topological polar surface area (TPSA) is 15.3 Å². The first kappa shape index (κ1) is 14.9. The van der Waals surface area contributed by atoms with Crippen LogP contribution in [-0.2, 0) is 0 Å². The maximum Gasteiger partial charge on any atom is 0.00508 e. The van der Waals surface area contributed by atoms with E-state index in [4.69, 9.17) is 0 Å². The molecule has 0 aliphatic heterocycles. The van der Waals surface area contributed by atoms with Crippen LogP contribution in [0.4, 0.5) is 0 Å². The molecule has 92 valence electrons. The van der Waals surface area contributed by atoms with Crippen molar-refractivity contribution in [1.82, 2.24) is 10.2 Å². The van der Waals surface area contributed by atoms with E-state index < -0.39 is 0 Å². The van der Waals surface area contributed by atoms with Crippen LogP contribution in [0.25, 0.3) is 0 Å². The molecule has 0 amide bonds. The van der Waals surface area contributed by atoms with Crippen molar-refractivity contribution in [3.63, 3.8) is 0 Å². The van der Waals surface area contributed by atoms with Gasteiger partial charge in [-0.25, -0.2) is 0 Å². The molecule has 0 aromatic carbocycles. The maximum absolute atomic E-state index is 3.52. The molecule has 0 aromatic heterocycles. The van der Waals surface area contributed by atoms with Gasteiger partial charge in [0.1, 0.15) is 0 Å². The summed E-state index contributed by atoms with van der Waals surface area (Å²) >= 11 is 0. The Balaban J connectivity index is 3.57. The quantitative estimate of drug-likeness (QED) is 0.701. The highest BCUT2D eigenvalue weighted by atomic mass is 15.1. The third-order valence-corrected chi connectivity index (χ3v) is 2.43. The molecule has 1 N–H and O–H groups in total. The number of nitrogens with zero attached hydrogens (tertiary/aromatic N) is 1. The zero-order valence-electron chi connectivity index (χ0n) is 11.6. The molecule has 0 spiro atoms. The molecule has 0 saturated carbocycles. The molecular formula is C13H30N2. The van der Waals surface area contributed by atoms with Crippen LogP contribution in [0.1, 0.15) is 47.5 Å². The average Bonchev–Trinajstić information content (AvgIpc) is 2.08. The molecule has 0 saturated heterocycles. The van der Waals surface area contributed by atoms with Crippen molar-refractivity contribution >= 4 is 0 Å². The molecule has 0 radical (unpaired) electrons. The first-order valence-electron chi connectivity index (χ1n) is 6.27. The van der Waals surface area contributed by atoms with Crippen LogP contribution < -0.4 is 5.32 Å². The number of rotatable bonds is 7. The van der Waals surface area contributed by atoms with Gasteiger partial charge in [-0.2, -0.15) is 0 Å². The Morgan fingerprint density at radius 2 is 1.87 bits per heavy atom. The van der Waals surface area contributed by atoms with Gasteiger partial charge in [0.05, 0.1) is 0 Å². The molecule has 1 atom stereocenters. The Morgan fingerprint density at radius 1 is 1.27 bits per heavy atom. The zero-order valence-corrected chi connectivity index (χ0v) is 11.6. The Labute approximate surface area is 96.4 Å². The summed E-state index contributed by atoms with van der Waals surface area (Å²) in [6.07, 6.45) is 2.47. The fourth-order valence-corrected chi connectivity index (χ4v) is 1.80. The van der Waals surface area contributed by atoms with Crippen molar-refractivity contribution in [3.05, 3.63) is 0 Å². The van der Waals surface area contributed by atoms with Crippen molar-refractivity contribution in [2.24, 2.45) is 5.41 Å². The molecule has 0 bridgehead atoms. The number of nitrogens with one attached hydrogen (secondary N) is 1. The van der Waals surface area contributed by atoms with E-state index in [-0.39, 0.29) is 0 Å². The Kier molecular flexibility index (Phi) is 7.20. The summed E-state index contributed by atoms with van der Waals surface area (Å²) < 4.78 is 0. The van der Waals surface area contributed by atoms with E-state index in [0.29, 0.717) is 11.5 Å². The van der Waals surface area contributed by atoms with E-state index in [1.807, 2.05) is 0 Å². The predicted molar refractivity (Wildman–Crippen MR) is 69.3 cm³/mol. The minimum atomic E-state index is 0.412. The van der Waals surface area contributed by atoms with Gasteiger partial charge < -0.3 is 10.2 Å². The number of hydrogen-bond donors (Lipinski definition) is 1. The lowest BCUT2D eigenvalue weighted by atomic mass is 9.96. The predicted octanol–water partition coefficient (Wildman–Crippen LogP) is 2.74. The van der Waals surface area contributed by atoms with E-state index in [1.54, 1.807) is 0 Å². The first-order valence-corrected chi connectivity index (χ1v) is 6.27. The largest absolute Gasteiger partial charge is 0.314 e. The summed E-state index contributed by atoms with van der Waals surface area (Å²) in [5.74, 6) is 0. The minimum Gasteiger partial charge on any atom is -0.314 e. The first-order chi connectivity index (χ1) is 6.85. The van der Waals surface area contributed by atoms with E-state index >= 15 is 0 Å². The molecule has 0 rings (SSSR count). The summed E-state index contributed by atoms with van der Waals surface area (Å²) in [6, 6.07) is 0.646. The summed E-state index contributed by atoms with van der Waals surface area (Å²) in [7, 11) is 2.22. The van der Waals surface area contributed by atoms with Crippen LogP contribution in [0, 0.1) is 5.41 Å². The highest BCUT2D eigenvalue weighted by molar-refractivity contribution is 4.68. The third-order valence-electron chi connectivity index (χ3n) is 2.43. The number of hydrogen-bond acceptors (Lipinski definition) is 2. The minimum absolute atomic E-state index is 0.412. The lowest BCUT2D eigenvalue weighted by Gasteiger charge is -2.27. The van der Waals surface area contributed by atoms with Gasteiger partial charge >= 0.3 is 0 Å². The Hall–Kier alpha value is -0.0800. The van der Waals surface area contributed by atoms with Gasteiger partial charge in [-0.05, 0) is 45.3 Å². The Morgan fingerprint density at radius 3 is 2.33 bits per heavy atom. The van der Waals surface area contributed by atoms with Crippen molar-refractivity contribution in [3.8, 4) is 0 Å². The van der Waals surface area contributed by atoms with Crippen molar-refractivity contribution in [1.29, 1.82) is 0 Å². The van der Waals surface area contributed by atoms with Crippen LogP contribution >= 0.6 is 0 Å². The van der Waals surface area contributed by atoms with Crippen molar-refractivity contribution < 1.29 is 0 Å². The molecule has 0 aliphatic rings. The van der Waals surface area contributed by atoms with Crippen molar-refractivity contribution in [2.75, 3.05) is 26.7 Å². The van der Waals surface area contributed by atoms with Gasteiger partial charge in [0.15, 0.2) is 0 Å². The maximum atomic E-state index is 3.52. The molecule has 0 heterocycles. The summed E-state index contributed by atoms with van der Waals surface area (Å²) in [5, 5.41) is 3.52. The summed E-state index contributed by atoms with van der Waals surface area (Å²) in [5.41, 5.74) is 0.412. The zero-order chi connectivity index (χ0) is 11.9. The average molecular weight is 214 g/mol. The molecule has 1 unspecified atom stereocenters. The van der Waals surface area contributed by atoms with Crippen LogP contribution in [0.5, 0.6) is 0 Å². The van der Waals surface area contributed by atoms with Crippen LogP contribution in [-0.4, -0.2) is 37.6 Å². The smallest absolute Gasteiger partial charge is 0.00508 e. The van der Waals surface area contributed by atoms with E-state index in [9.17, 15) is 0 Å². The molecule has 0 aliphatic carbocycles.